The van der Waals surface area contributed by atoms with E-state index in [2.05, 4.69) is 21.6 Å². The maximum absolute atomic E-state index is 13.2. The third kappa shape index (κ3) is 5.68. The van der Waals surface area contributed by atoms with E-state index in [1.807, 2.05) is 47.4 Å². The molecule has 0 radical (unpaired) electrons. The van der Waals surface area contributed by atoms with E-state index in [9.17, 15) is 9.59 Å². The molecule has 8 nitrogen and oxygen atoms in total. The number of piperidine rings is 1. The van der Waals surface area contributed by atoms with E-state index in [-0.39, 0.29) is 17.2 Å². The van der Waals surface area contributed by atoms with Gasteiger partial charge < -0.3 is 19.4 Å². The van der Waals surface area contributed by atoms with Crippen molar-refractivity contribution in [3.8, 4) is 17.2 Å². The van der Waals surface area contributed by atoms with Crippen LogP contribution in [-0.2, 0) is 11.2 Å². The first kappa shape index (κ1) is 25.0. The van der Waals surface area contributed by atoms with Gasteiger partial charge in [-0.05, 0) is 80.3 Å². The lowest BCUT2D eigenvalue weighted by atomic mass is 9.74. The minimum atomic E-state index is -0.557. The molecule has 1 saturated heterocycles. The number of para-hydroxylation sites is 1. The first-order valence-electron chi connectivity index (χ1n) is 13.1. The molecule has 2 amide bonds. The lowest BCUT2D eigenvalue weighted by molar-refractivity contribution is -0.128. The fourth-order valence-corrected chi connectivity index (χ4v) is 5.35. The van der Waals surface area contributed by atoms with Crippen LogP contribution in [-0.4, -0.2) is 52.6 Å². The van der Waals surface area contributed by atoms with Gasteiger partial charge in [0.05, 0.1) is 0 Å². The number of carbonyl (C=O) groups is 2. The maximum Gasteiger partial charge on any atom is 0.260 e. The molecule has 1 fully saturated rings. The van der Waals surface area contributed by atoms with Gasteiger partial charge in [-0.1, -0.05) is 24.6 Å². The van der Waals surface area contributed by atoms with E-state index in [1.54, 1.807) is 13.8 Å². The van der Waals surface area contributed by atoms with Gasteiger partial charge in [-0.3, -0.25) is 9.59 Å². The molecular formula is C29H34N4O4. The number of amides is 2. The molecule has 1 spiro atoms. The van der Waals surface area contributed by atoms with Gasteiger partial charge in [0.15, 0.2) is 6.10 Å². The van der Waals surface area contributed by atoms with Crippen LogP contribution in [0.2, 0.25) is 0 Å². The fraction of sp³-hybridized carbons (Fsp3) is 0.448. The number of ether oxygens (including phenoxy) is 1. The minimum Gasteiger partial charge on any atom is -0.481 e. The number of nitrogens with one attached hydrogen (secondary N) is 1. The first-order chi connectivity index (χ1) is 17.9. The average Bonchev–Trinajstić information content (AvgIpc) is 3.36. The zero-order chi connectivity index (χ0) is 25.8. The van der Waals surface area contributed by atoms with Gasteiger partial charge in [-0.2, -0.15) is 0 Å². The van der Waals surface area contributed by atoms with Crippen molar-refractivity contribution in [2.75, 3.05) is 19.6 Å². The van der Waals surface area contributed by atoms with Gasteiger partial charge in [0.2, 0.25) is 11.8 Å². The van der Waals surface area contributed by atoms with Gasteiger partial charge in [0, 0.05) is 37.7 Å². The summed E-state index contributed by atoms with van der Waals surface area (Å²) in [6.07, 6.45) is 5.28. The minimum absolute atomic E-state index is 0.00938. The Labute approximate surface area is 217 Å². The van der Waals surface area contributed by atoms with E-state index in [0.717, 1.165) is 55.4 Å². The van der Waals surface area contributed by atoms with Gasteiger partial charge in [-0.25, -0.2) is 0 Å². The molecule has 3 heterocycles. The standard InChI is InChI=1S/C29H34N4O4/c1-20-26(34)30-19-29(14-6-5-8-22-7-3-4-9-25(22)36-20)15-17-33(18-16-29)28(35)24-12-10-23(11-13-24)27-32-31-21(2)37-27/h3-4,7,9-13,20H,5-6,8,14-19H2,1-2H3,(H,30,34)/t20-/m1/s1. The fourth-order valence-electron chi connectivity index (χ4n) is 5.35. The van der Waals surface area contributed by atoms with E-state index in [0.29, 0.717) is 37.0 Å². The predicted molar refractivity (Wildman–Crippen MR) is 139 cm³/mol. The molecule has 0 bridgehead atoms. The highest BCUT2D eigenvalue weighted by Gasteiger charge is 2.36. The molecule has 37 heavy (non-hydrogen) atoms. The molecule has 5 rings (SSSR count). The number of hydrogen-bond donors (Lipinski definition) is 1. The summed E-state index contributed by atoms with van der Waals surface area (Å²) in [5.74, 6) is 1.69. The highest BCUT2D eigenvalue weighted by molar-refractivity contribution is 5.94. The van der Waals surface area contributed by atoms with Crippen LogP contribution < -0.4 is 10.1 Å². The number of nitrogens with zero attached hydrogens (tertiary/aromatic N) is 3. The van der Waals surface area contributed by atoms with Crippen LogP contribution in [0.25, 0.3) is 11.5 Å². The van der Waals surface area contributed by atoms with E-state index < -0.39 is 6.10 Å². The monoisotopic (exact) mass is 502 g/mol. The Kier molecular flexibility index (Phi) is 7.26. The van der Waals surface area contributed by atoms with E-state index in [4.69, 9.17) is 9.15 Å². The van der Waals surface area contributed by atoms with Crippen LogP contribution in [0.5, 0.6) is 5.75 Å². The number of aromatic nitrogens is 2. The zero-order valence-corrected chi connectivity index (χ0v) is 21.5. The van der Waals surface area contributed by atoms with Crippen LogP contribution in [0.4, 0.5) is 0 Å². The van der Waals surface area contributed by atoms with Crippen molar-refractivity contribution < 1.29 is 18.7 Å². The van der Waals surface area contributed by atoms with Gasteiger partial charge >= 0.3 is 0 Å². The maximum atomic E-state index is 13.2. The Morgan fingerprint density at radius 3 is 2.51 bits per heavy atom. The Morgan fingerprint density at radius 1 is 1.03 bits per heavy atom. The number of hydrogen-bond acceptors (Lipinski definition) is 6. The smallest absolute Gasteiger partial charge is 0.260 e. The van der Waals surface area contributed by atoms with Crippen molar-refractivity contribution in [3.05, 3.63) is 65.5 Å². The Hall–Kier alpha value is -3.68. The zero-order valence-electron chi connectivity index (χ0n) is 21.5. The van der Waals surface area contributed by atoms with Crippen molar-refractivity contribution in [1.82, 2.24) is 20.4 Å². The van der Waals surface area contributed by atoms with Crippen molar-refractivity contribution in [2.45, 2.75) is 58.5 Å². The van der Waals surface area contributed by atoms with Crippen molar-refractivity contribution in [2.24, 2.45) is 5.41 Å². The second-order valence-corrected chi connectivity index (χ2v) is 10.3. The van der Waals surface area contributed by atoms with Gasteiger partial charge in [-0.15, -0.1) is 10.2 Å². The number of likely N-dealkylation sites (tertiary alicyclic amines) is 1. The summed E-state index contributed by atoms with van der Waals surface area (Å²) >= 11 is 0. The lowest BCUT2D eigenvalue weighted by Gasteiger charge is -2.42. The molecular weight excluding hydrogens is 468 g/mol. The highest BCUT2D eigenvalue weighted by atomic mass is 16.5. The molecule has 2 aromatic carbocycles. The summed E-state index contributed by atoms with van der Waals surface area (Å²) in [4.78, 5) is 28.0. The molecule has 1 atom stereocenters. The summed E-state index contributed by atoms with van der Waals surface area (Å²) in [6, 6.07) is 15.3. The number of carbonyl (C=O) groups excluding carboxylic acids is 2. The molecule has 2 aliphatic heterocycles. The van der Waals surface area contributed by atoms with Crippen molar-refractivity contribution >= 4 is 11.8 Å². The second-order valence-electron chi connectivity index (χ2n) is 10.3. The van der Waals surface area contributed by atoms with E-state index >= 15 is 0 Å². The summed E-state index contributed by atoms with van der Waals surface area (Å²) in [5.41, 5.74) is 2.58. The van der Waals surface area contributed by atoms with Crippen LogP contribution in [0.15, 0.2) is 52.9 Å². The lowest BCUT2D eigenvalue weighted by Crippen LogP contribution is -2.49. The molecule has 1 aromatic heterocycles. The van der Waals surface area contributed by atoms with Crippen molar-refractivity contribution in [3.63, 3.8) is 0 Å². The number of aryl methyl sites for hydroxylation is 2. The Bertz CT molecular complexity index is 1240. The van der Waals surface area contributed by atoms with Crippen molar-refractivity contribution in [1.29, 1.82) is 0 Å². The number of rotatable bonds is 2. The largest absolute Gasteiger partial charge is 0.481 e. The Balaban J connectivity index is 1.23. The molecule has 1 N–H and O–H groups in total. The summed E-state index contributed by atoms with van der Waals surface area (Å²) in [6.45, 7) is 5.51. The summed E-state index contributed by atoms with van der Waals surface area (Å²) < 4.78 is 11.5. The summed E-state index contributed by atoms with van der Waals surface area (Å²) in [5, 5.41) is 11.1. The number of fused-ring (bicyclic) bond motifs is 1. The SMILES string of the molecule is Cc1nnc(-c2ccc(C(=O)N3CCC4(CCCCc5ccccc5O[C@H](C)C(=O)NC4)CC3)cc2)o1. The third-order valence-electron chi connectivity index (χ3n) is 7.70. The topological polar surface area (TPSA) is 97.6 Å². The van der Waals surface area contributed by atoms with Gasteiger partial charge in [0.1, 0.15) is 5.75 Å². The molecule has 0 saturated carbocycles. The molecule has 0 unspecified atom stereocenters. The normalized spacial score (nSPS) is 20.2. The molecule has 2 aliphatic rings. The quantitative estimate of drug-likeness (QED) is 0.551. The molecule has 0 aliphatic carbocycles. The van der Waals surface area contributed by atoms with E-state index in [1.165, 1.54) is 0 Å². The Morgan fingerprint density at radius 2 is 1.78 bits per heavy atom. The third-order valence-corrected chi connectivity index (χ3v) is 7.70. The molecule has 3 aromatic rings. The number of benzene rings is 2. The molecule has 194 valence electrons. The predicted octanol–water partition coefficient (Wildman–Crippen LogP) is 4.58. The van der Waals surface area contributed by atoms with Crippen LogP contribution in [0.3, 0.4) is 0 Å². The van der Waals surface area contributed by atoms with Crippen LogP contribution in [0.1, 0.15) is 60.8 Å². The second kappa shape index (κ2) is 10.7. The van der Waals surface area contributed by atoms with Gasteiger partial charge in [0.25, 0.3) is 11.8 Å². The van der Waals surface area contributed by atoms with Crippen LogP contribution in [0, 0.1) is 12.3 Å². The highest BCUT2D eigenvalue weighted by Crippen LogP contribution is 2.37. The van der Waals surface area contributed by atoms with Crippen LogP contribution >= 0.6 is 0 Å². The molecule has 8 heteroatoms. The summed E-state index contributed by atoms with van der Waals surface area (Å²) in [7, 11) is 0. The average molecular weight is 503 g/mol. The first-order valence-corrected chi connectivity index (χ1v) is 13.1.